The molecule has 0 unspecified atom stereocenters. The average molecular weight is 400 g/mol. The normalized spacial score (nSPS) is 10.6. The molecule has 9 heteroatoms. The lowest BCUT2D eigenvalue weighted by Crippen LogP contribution is -2.20. The Balaban J connectivity index is 2.07. The van der Waals surface area contributed by atoms with Gasteiger partial charge in [-0.25, -0.2) is 13.2 Å². The molecule has 2 aromatic carbocycles. The van der Waals surface area contributed by atoms with Crippen molar-refractivity contribution in [3.05, 3.63) is 86.6 Å². The molecule has 1 heterocycles. The van der Waals surface area contributed by atoms with Gasteiger partial charge < -0.3 is 15.0 Å². The lowest BCUT2D eigenvalue weighted by Gasteiger charge is -2.16. The maximum atomic E-state index is 13.6. The Bertz CT molecular complexity index is 1160. The van der Waals surface area contributed by atoms with Crippen LogP contribution in [0.2, 0.25) is 0 Å². The van der Waals surface area contributed by atoms with Gasteiger partial charge in [-0.1, -0.05) is 12.1 Å². The fraction of sp³-hybridized carbons (Fsp3) is 0.150. The highest BCUT2D eigenvalue weighted by atomic mass is 19.2. The van der Waals surface area contributed by atoms with Gasteiger partial charge in [-0.05, 0) is 41.8 Å². The maximum Gasteiger partial charge on any atom is 0.292 e. The van der Waals surface area contributed by atoms with E-state index in [9.17, 15) is 23.1 Å². The molecule has 0 aliphatic heterocycles. The van der Waals surface area contributed by atoms with E-state index in [2.05, 4.69) is 10.3 Å². The number of aliphatic hydroxyl groups is 1. The highest BCUT2D eigenvalue weighted by molar-refractivity contribution is 5.60. The van der Waals surface area contributed by atoms with E-state index in [1.54, 1.807) is 31.2 Å². The van der Waals surface area contributed by atoms with Gasteiger partial charge in [-0.3, -0.25) is 4.79 Å². The van der Waals surface area contributed by atoms with Crippen LogP contribution in [0.15, 0.2) is 41.3 Å². The Kier molecular flexibility index (Phi) is 5.66. The van der Waals surface area contributed by atoms with Crippen molar-refractivity contribution in [2.45, 2.75) is 20.1 Å². The summed E-state index contributed by atoms with van der Waals surface area (Å²) < 4.78 is 41.6. The van der Waals surface area contributed by atoms with Gasteiger partial charge in [-0.2, -0.15) is 10.2 Å². The number of aryl methyl sites for hydroxylation is 1. The molecule has 0 saturated carbocycles. The third-order valence-corrected chi connectivity index (χ3v) is 4.24. The number of anilines is 2. The van der Waals surface area contributed by atoms with Crippen LogP contribution in [0.3, 0.4) is 0 Å². The second-order valence-corrected chi connectivity index (χ2v) is 6.33. The summed E-state index contributed by atoms with van der Waals surface area (Å²) in [6, 6.07) is 8.49. The van der Waals surface area contributed by atoms with Crippen LogP contribution in [0.5, 0.6) is 0 Å². The summed E-state index contributed by atoms with van der Waals surface area (Å²) >= 11 is 0. The first-order valence-electron chi connectivity index (χ1n) is 8.44. The first-order chi connectivity index (χ1) is 13.8. The fourth-order valence-electron chi connectivity index (χ4n) is 2.71. The number of nitriles is 1. The van der Waals surface area contributed by atoms with E-state index >= 15 is 0 Å². The molecule has 29 heavy (non-hydrogen) atoms. The van der Waals surface area contributed by atoms with Crippen LogP contribution in [-0.4, -0.2) is 14.7 Å². The van der Waals surface area contributed by atoms with Crippen molar-refractivity contribution < 1.29 is 18.3 Å². The number of benzene rings is 2. The van der Waals surface area contributed by atoms with E-state index in [-0.39, 0.29) is 30.2 Å². The molecule has 6 nitrogen and oxygen atoms in total. The molecular formula is C20H15F3N4O2. The highest BCUT2D eigenvalue weighted by Gasteiger charge is 2.14. The molecule has 0 aliphatic carbocycles. The summed E-state index contributed by atoms with van der Waals surface area (Å²) in [5.41, 5.74) is 0.964. The van der Waals surface area contributed by atoms with Gasteiger partial charge in [0.1, 0.15) is 11.6 Å². The third kappa shape index (κ3) is 4.28. The molecular weight excluding hydrogens is 385 g/mol. The average Bonchev–Trinajstić information content (AvgIpc) is 2.69. The zero-order valence-corrected chi connectivity index (χ0v) is 15.2. The number of rotatable bonds is 5. The standard InChI is InChI=1S/C20H15F3N4O2/c1-11-2-3-12(10-28)6-17(11)25-20-26-19(29)14(7-24)9-27(20)8-13-4-15(21)18(23)16(22)5-13/h2-6,9,28H,8,10H2,1H3,(H,25,26,29). The number of halogens is 3. The van der Waals surface area contributed by atoms with Crippen molar-refractivity contribution in [1.29, 1.82) is 5.26 Å². The Morgan fingerprint density at radius 2 is 1.86 bits per heavy atom. The van der Waals surface area contributed by atoms with Crippen molar-refractivity contribution >= 4 is 11.6 Å². The number of nitrogens with one attached hydrogen (secondary N) is 1. The number of nitrogens with zero attached hydrogens (tertiary/aromatic N) is 3. The first kappa shape index (κ1) is 20.1. The minimum Gasteiger partial charge on any atom is -0.392 e. The zero-order valence-electron chi connectivity index (χ0n) is 15.2. The van der Waals surface area contributed by atoms with E-state index in [1.807, 2.05) is 0 Å². The largest absolute Gasteiger partial charge is 0.392 e. The molecule has 0 atom stereocenters. The molecule has 1 aromatic heterocycles. The summed E-state index contributed by atoms with van der Waals surface area (Å²) in [5.74, 6) is -4.28. The van der Waals surface area contributed by atoms with Crippen LogP contribution in [-0.2, 0) is 13.2 Å². The number of hydrogen-bond acceptors (Lipinski definition) is 5. The molecule has 0 amide bonds. The summed E-state index contributed by atoms with van der Waals surface area (Å²) in [7, 11) is 0. The predicted octanol–water partition coefficient (Wildman–Crippen LogP) is 3.12. The molecule has 3 rings (SSSR count). The predicted molar refractivity (Wildman–Crippen MR) is 99.0 cm³/mol. The van der Waals surface area contributed by atoms with Crippen LogP contribution in [0, 0.1) is 35.7 Å². The SMILES string of the molecule is Cc1ccc(CO)cc1Nc1nc(=O)c(C#N)cn1Cc1cc(F)c(F)c(F)c1. The fourth-order valence-corrected chi connectivity index (χ4v) is 2.71. The van der Waals surface area contributed by atoms with E-state index in [0.717, 1.165) is 17.7 Å². The molecule has 0 aliphatic rings. The summed E-state index contributed by atoms with van der Waals surface area (Å²) in [5, 5.41) is 21.4. The summed E-state index contributed by atoms with van der Waals surface area (Å²) in [6.07, 6.45) is 1.20. The topological polar surface area (TPSA) is 90.9 Å². The van der Waals surface area contributed by atoms with E-state index in [0.29, 0.717) is 11.3 Å². The first-order valence-corrected chi connectivity index (χ1v) is 8.44. The molecule has 148 valence electrons. The highest BCUT2D eigenvalue weighted by Crippen LogP contribution is 2.22. The molecule has 3 aromatic rings. The number of aliphatic hydroxyl groups excluding tert-OH is 1. The molecule has 2 N–H and O–H groups in total. The Morgan fingerprint density at radius 3 is 2.48 bits per heavy atom. The van der Waals surface area contributed by atoms with Gasteiger partial charge in [-0.15, -0.1) is 0 Å². The minimum absolute atomic E-state index is 0.0114. The Morgan fingerprint density at radius 1 is 1.17 bits per heavy atom. The van der Waals surface area contributed by atoms with Crippen molar-refractivity contribution in [2.24, 2.45) is 0 Å². The van der Waals surface area contributed by atoms with Crippen LogP contribution < -0.4 is 10.9 Å². The lowest BCUT2D eigenvalue weighted by molar-refractivity contribution is 0.282. The van der Waals surface area contributed by atoms with E-state index < -0.39 is 23.0 Å². The zero-order chi connectivity index (χ0) is 21.1. The maximum absolute atomic E-state index is 13.6. The second kappa shape index (κ2) is 8.16. The van der Waals surface area contributed by atoms with E-state index in [4.69, 9.17) is 5.26 Å². The Labute approximate surface area is 163 Å². The minimum atomic E-state index is -1.58. The monoisotopic (exact) mass is 400 g/mol. The van der Waals surface area contributed by atoms with Crippen LogP contribution in [0.4, 0.5) is 24.8 Å². The molecule has 0 bridgehead atoms. The third-order valence-electron chi connectivity index (χ3n) is 4.24. The Hall–Kier alpha value is -3.64. The van der Waals surface area contributed by atoms with Crippen molar-refractivity contribution in [2.75, 3.05) is 5.32 Å². The van der Waals surface area contributed by atoms with E-state index in [1.165, 1.54) is 10.8 Å². The molecule has 0 fully saturated rings. The van der Waals surface area contributed by atoms with Crippen LogP contribution >= 0.6 is 0 Å². The number of hydrogen-bond donors (Lipinski definition) is 2. The van der Waals surface area contributed by atoms with Gasteiger partial charge >= 0.3 is 0 Å². The van der Waals surface area contributed by atoms with Gasteiger partial charge in [0.05, 0.1) is 13.2 Å². The van der Waals surface area contributed by atoms with Crippen molar-refractivity contribution in [3.63, 3.8) is 0 Å². The van der Waals surface area contributed by atoms with Crippen molar-refractivity contribution in [1.82, 2.24) is 9.55 Å². The van der Waals surface area contributed by atoms with Gasteiger partial charge in [0.2, 0.25) is 5.95 Å². The van der Waals surface area contributed by atoms with Gasteiger partial charge in [0, 0.05) is 11.9 Å². The lowest BCUT2D eigenvalue weighted by atomic mass is 10.1. The van der Waals surface area contributed by atoms with Crippen LogP contribution in [0.25, 0.3) is 0 Å². The quantitative estimate of drug-likeness (QED) is 0.642. The number of aromatic nitrogens is 2. The molecule has 0 spiro atoms. The summed E-state index contributed by atoms with van der Waals surface area (Å²) in [6.45, 7) is 1.41. The second-order valence-electron chi connectivity index (χ2n) is 6.33. The molecule has 0 radical (unpaired) electrons. The van der Waals surface area contributed by atoms with Gasteiger partial charge in [0.15, 0.2) is 17.5 Å². The smallest absolute Gasteiger partial charge is 0.292 e. The van der Waals surface area contributed by atoms with Gasteiger partial charge in [0.25, 0.3) is 5.56 Å². The van der Waals surface area contributed by atoms with Crippen LogP contribution in [0.1, 0.15) is 22.3 Å². The summed E-state index contributed by atoms with van der Waals surface area (Å²) in [4.78, 5) is 15.9. The molecule has 0 saturated heterocycles. The van der Waals surface area contributed by atoms with Crippen molar-refractivity contribution in [3.8, 4) is 6.07 Å².